The number of furan rings is 1. The number of rotatable bonds is 4. The summed E-state index contributed by atoms with van der Waals surface area (Å²) in [4.78, 5) is 26.0. The minimum atomic E-state index is -0.485. The lowest BCUT2D eigenvalue weighted by atomic mass is 10.1. The number of carbonyl (C=O) groups excluding carboxylic acids is 2. The molecule has 1 saturated heterocycles. The number of para-hydroxylation sites is 1. The Morgan fingerprint density at radius 1 is 1.22 bits per heavy atom. The molecule has 27 heavy (non-hydrogen) atoms. The monoisotopic (exact) mass is 366 g/mol. The number of hydrogen-bond donors (Lipinski definition) is 1. The van der Waals surface area contributed by atoms with Gasteiger partial charge in [0.15, 0.2) is 17.2 Å². The zero-order valence-electron chi connectivity index (χ0n) is 14.9. The summed E-state index contributed by atoms with van der Waals surface area (Å²) in [6, 6.07) is 12.2. The van der Waals surface area contributed by atoms with Crippen LogP contribution in [0.25, 0.3) is 11.0 Å². The van der Waals surface area contributed by atoms with Crippen LogP contribution in [0.4, 0.5) is 10.1 Å². The fraction of sp³-hybridized carbons (Fsp3) is 0.238. The van der Waals surface area contributed by atoms with E-state index >= 15 is 0 Å². The van der Waals surface area contributed by atoms with Gasteiger partial charge in [-0.1, -0.05) is 24.3 Å². The molecule has 0 atom stereocenters. The van der Waals surface area contributed by atoms with E-state index < -0.39 is 5.82 Å². The molecular formula is C21H19FN2O3. The van der Waals surface area contributed by atoms with Crippen LogP contribution in [-0.2, 0) is 11.3 Å². The quantitative estimate of drug-likeness (QED) is 0.761. The predicted molar refractivity (Wildman–Crippen MR) is 100 cm³/mol. The van der Waals surface area contributed by atoms with Crippen LogP contribution in [0, 0.1) is 12.7 Å². The number of anilines is 1. The van der Waals surface area contributed by atoms with E-state index in [2.05, 4.69) is 5.32 Å². The lowest BCUT2D eigenvalue weighted by Gasteiger charge is -2.16. The average Bonchev–Trinajstić information content (AvgIpc) is 3.25. The van der Waals surface area contributed by atoms with Crippen LogP contribution in [-0.4, -0.2) is 18.4 Å². The lowest BCUT2D eigenvalue weighted by molar-refractivity contribution is -0.117. The zero-order chi connectivity index (χ0) is 19.0. The Kier molecular flexibility index (Phi) is 4.39. The first-order valence-corrected chi connectivity index (χ1v) is 8.89. The molecular weight excluding hydrogens is 347 g/mol. The first-order chi connectivity index (χ1) is 13.0. The highest BCUT2D eigenvalue weighted by atomic mass is 19.1. The molecule has 3 aromatic rings. The smallest absolute Gasteiger partial charge is 0.287 e. The van der Waals surface area contributed by atoms with Crippen LogP contribution in [0.5, 0.6) is 0 Å². The number of nitrogens with one attached hydrogen (secondary N) is 1. The molecule has 6 heteroatoms. The molecule has 0 spiro atoms. The minimum absolute atomic E-state index is 0.0970. The number of amides is 2. The normalized spacial score (nSPS) is 14.1. The molecule has 0 aliphatic carbocycles. The maximum atomic E-state index is 13.8. The minimum Gasteiger partial charge on any atom is -0.448 e. The SMILES string of the molecule is Cc1c(C(=O)NCc2ccc(N3CCCC3=O)cc2)oc2c(F)cccc12. The van der Waals surface area contributed by atoms with Gasteiger partial charge >= 0.3 is 0 Å². The van der Waals surface area contributed by atoms with Gasteiger partial charge in [-0.05, 0) is 37.1 Å². The molecule has 1 aliphatic rings. The number of carbonyl (C=O) groups is 2. The van der Waals surface area contributed by atoms with Crippen molar-refractivity contribution in [1.29, 1.82) is 0 Å². The fourth-order valence-corrected chi connectivity index (χ4v) is 3.40. The summed E-state index contributed by atoms with van der Waals surface area (Å²) < 4.78 is 19.3. The summed E-state index contributed by atoms with van der Waals surface area (Å²) in [6.45, 7) is 2.80. The number of nitrogens with zero attached hydrogens (tertiary/aromatic N) is 1. The van der Waals surface area contributed by atoms with Gasteiger partial charge in [-0.15, -0.1) is 0 Å². The highest BCUT2D eigenvalue weighted by molar-refractivity contribution is 5.99. The van der Waals surface area contributed by atoms with E-state index in [1.807, 2.05) is 24.3 Å². The molecule has 1 aromatic heterocycles. The van der Waals surface area contributed by atoms with Crippen molar-refractivity contribution in [2.24, 2.45) is 0 Å². The van der Waals surface area contributed by atoms with Gasteiger partial charge in [0.2, 0.25) is 5.91 Å². The van der Waals surface area contributed by atoms with E-state index in [4.69, 9.17) is 4.42 Å². The fourth-order valence-electron chi connectivity index (χ4n) is 3.40. The Bertz CT molecular complexity index is 1020. The summed E-state index contributed by atoms with van der Waals surface area (Å²) in [7, 11) is 0. The third kappa shape index (κ3) is 3.18. The van der Waals surface area contributed by atoms with E-state index in [9.17, 15) is 14.0 Å². The van der Waals surface area contributed by atoms with E-state index in [0.717, 1.165) is 24.2 Å². The van der Waals surface area contributed by atoms with Crippen LogP contribution in [0.3, 0.4) is 0 Å². The van der Waals surface area contributed by atoms with E-state index in [1.54, 1.807) is 24.0 Å². The maximum absolute atomic E-state index is 13.8. The third-order valence-electron chi connectivity index (χ3n) is 4.90. The van der Waals surface area contributed by atoms with Crippen LogP contribution in [0.15, 0.2) is 46.9 Å². The van der Waals surface area contributed by atoms with E-state index in [1.165, 1.54) is 6.07 Å². The molecule has 0 saturated carbocycles. The lowest BCUT2D eigenvalue weighted by Crippen LogP contribution is -2.24. The first-order valence-electron chi connectivity index (χ1n) is 8.89. The van der Waals surface area contributed by atoms with Crippen molar-refractivity contribution in [2.45, 2.75) is 26.3 Å². The number of fused-ring (bicyclic) bond motifs is 1. The highest BCUT2D eigenvalue weighted by Gasteiger charge is 2.22. The van der Waals surface area contributed by atoms with Crippen LogP contribution in [0.2, 0.25) is 0 Å². The summed E-state index contributed by atoms with van der Waals surface area (Å²) >= 11 is 0. The summed E-state index contributed by atoms with van der Waals surface area (Å²) in [5.74, 6) is -0.610. The molecule has 1 aliphatic heterocycles. The molecule has 1 N–H and O–H groups in total. The topological polar surface area (TPSA) is 62.6 Å². The Balaban J connectivity index is 1.46. The van der Waals surface area contributed by atoms with Crippen molar-refractivity contribution in [3.8, 4) is 0 Å². The van der Waals surface area contributed by atoms with Gasteiger partial charge in [0, 0.05) is 36.1 Å². The first kappa shape index (κ1) is 17.3. The van der Waals surface area contributed by atoms with Crippen molar-refractivity contribution in [3.05, 3.63) is 65.2 Å². The number of hydrogen-bond acceptors (Lipinski definition) is 3. The van der Waals surface area contributed by atoms with E-state index in [-0.39, 0.29) is 23.2 Å². The Morgan fingerprint density at radius 3 is 2.67 bits per heavy atom. The molecule has 138 valence electrons. The van der Waals surface area contributed by atoms with Crippen LogP contribution in [0.1, 0.15) is 34.5 Å². The predicted octanol–water partition coefficient (Wildman–Crippen LogP) is 3.94. The van der Waals surface area contributed by atoms with Crippen LogP contribution >= 0.6 is 0 Å². The van der Waals surface area contributed by atoms with E-state index in [0.29, 0.717) is 23.9 Å². The maximum Gasteiger partial charge on any atom is 0.287 e. The van der Waals surface area contributed by atoms with Gasteiger partial charge in [0.1, 0.15) is 0 Å². The third-order valence-corrected chi connectivity index (χ3v) is 4.90. The molecule has 0 unspecified atom stereocenters. The van der Waals surface area contributed by atoms with Gasteiger partial charge < -0.3 is 14.6 Å². The zero-order valence-corrected chi connectivity index (χ0v) is 14.9. The molecule has 0 radical (unpaired) electrons. The van der Waals surface area contributed by atoms with Crippen molar-refractivity contribution >= 4 is 28.5 Å². The van der Waals surface area contributed by atoms with Crippen molar-refractivity contribution in [3.63, 3.8) is 0 Å². The van der Waals surface area contributed by atoms with Crippen molar-refractivity contribution in [2.75, 3.05) is 11.4 Å². The Labute approximate surface area is 155 Å². The molecule has 0 bridgehead atoms. The second kappa shape index (κ2) is 6.87. The van der Waals surface area contributed by atoms with Crippen LogP contribution < -0.4 is 10.2 Å². The molecule has 2 amide bonds. The van der Waals surface area contributed by atoms with Crippen molar-refractivity contribution in [1.82, 2.24) is 5.32 Å². The number of benzene rings is 2. The highest BCUT2D eigenvalue weighted by Crippen LogP contribution is 2.27. The molecule has 4 rings (SSSR count). The summed E-state index contributed by atoms with van der Waals surface area (Å²) in [5.41, 5.74) is 2.49. The number of halogens is 1. The molecule has 2 heterocycles. The average molecular weight is 366 g/mol. The van der Waals surface area contributed by atoms with Gasteiger partial charge in [-0.25, -0.2) is 4.39 Å². The molecule has 1 fully saturated rings. The second-order valence-electron chi connectivity index (χ2n) is 6.67. The van der Waals surface area contributed by atoms with Gasteiger partial charge in [0.05, 0.1) is 0 Å². The molecule has 5 nitrogen and oxygen atoms in total. The van der Waals surface area contributed by atoms with Gasteiger partial charge in [-0.3, -0.25) is 9.59 Å². The second-order valence-corrected chi connectivity index (χ2v) is 6.67. The molecule has 2 aromatic carbocycles. The number of aryl methyl sites for hydroxylation is 1. The van der Waals surface area contributed by atoms with Gasteiger partial charge in [-0.2, -0.15) is 0 Å². The Hall–Kier alpha value is -3.15. The summed E-state index contributed by atoms with van der Waals surface area (Å²) in [6.07, 6.45) is 1.48. The largest absolute Gasteiger partial charge is 0.448 e. The Morgan fingerprint density at radius 2 is 2.00 bits per heavy atom. The van der Waals surface area contributed by atoms with Crippen molar-refractivity contribution < 1.29 is 18.4 Å². The van der Waals surface area contributed by atoms with Gasteiger partial charge in [0.25, 0.3) is 5.91 Å². The summed E-state index contributed by atoms with van der Waals surface area (Å²) in [5, 5.41) is 3.40. The standard InChI is InChI=1S/C21H19FN2O3/c1-13-16-4-2-5-17(22)20(16)27-19(13)21(26)23-12-14-7-9-15(10-8-14)24-11-3-6-18(24)25/h2,4-5,7-10H,3,6,11-12H2,1H3,(H,23,26).